The Balaban J connectivity index is 1.62. The fraction of sp³-hybridized carbons (Fsp3) is 0.368. The Morgan fingerprint density at radius 1 is 1.32 bits per heavy atom. The third-order valence-corrected chi connectivity index (χ3v) is 4.28. The highest BCUT2D eigenvalue weighted by atomic mass is 16.5. The van der Waals surface area contributed by atoms with Crippen molar-refractivity contribution in [3.8, 4) is 17.1 Å². The smallest absolute Gasteiger partial charge is 0.140 e. The molecule has 1 aliphatic heterocycles. The highest BCUT2D eigenvalue weighted by molar-refractivity contribution is 5.62. The van der Waals surface area contributed by atoms with Crippen LogP contribution in [0.4, 0.5) is 5.82 Å². The highest BCUT2D eigenvalue weighted by Crippen LogP contribution is 2.23. The molecule has 0 amide bonds. The molecule has 1 atom stereocenters. The summed E-state index contributed by atoms with van der Waals surface area (Å²) >= 11 is 0. The number of aromatic nitrogens is 3. The van der Waals surface area contributed by atoms with Crippen molar-refractivity contribution >= 4 is 11.5 Å². The lowest BCUT2D eigenvalue weighted by atomic mass is 10.2. The van der Waals surface area contributed by atoms with Crippen LogP contribution in [0.25, 0.3) is 17.0 Å². The molecular weight excluding hydrogens is 314 g/mol. The van der Waals surface area contributed by atoms with Crippen LogP contribution in [0.3, 0.4) is 0 Å². The van der Waals surface area contributed by atoms with Crippen molar-refractivity contribution in [2.75, 3.05) is 18.4 Å². The van der Waals surface area contributed by atoms with Gasteiger partial charge in [0.1, 0.15) is 17.2 Å². The molecule has 1 saturated heterocycles. The minimum Gasteiger partial charge on any atom is -0.491 e. The summed E-state index contributed by atoms with van der Waals surface area (Å²) in [4.78, 5) is 9.28. The molecule has 0 radical (unpaired) electrons. The van der Waals surface area contributed by atoms with E-state index in [-0.39, 0.29) is 6.10 Å². The summed E-state index contributed by atoms with van der Waals surface area (Å²) in [6.07, 6.45) is 5.11. The summed E-state index contributed by atoms with van der Waals surface area (Å²) in [7, 11) is 0. The normalized spacial score (nSPS) is 17.3. The van der Waals surface area contributed by atoms with Gasteiger partial charge in [0.2, 0.25) is 0 Å². The molecular formula is C19H23N5O. The monoisotopic (exact) mass is 337 g/mol. The van der Waals surface area contributed by atoms with Gasteiger partial charge in [-0.15, -0.1) is 0 Å². The quantitative estimate of drug-likeness (QED) is 0.749. The number of pyridine rings is 2. The number of hydrogen-bond donors (Lipinski definition) is 2. The van der Waals surface area contributed by atoms with Crippen LogP contribution in [0, 0.1) is 0 Å². The molecule has 1 fully saturated rings. The van der Waals surface area contributed by atoms with E-state index in [2.05, 4.69) is 15.6 Å². The van der Waals surface area contributed by atoms with Crippen molar-refractivity contribution in [2.24, 2.45) is 0 Å². The van der Waals surface area contributed by atoms with Gasteiger partial charge in [-0.25, -0.2) is 9.97 Å². The first-order chi connectivity index (χ1) is 12.2. The molecule has 0 bridgehead atoms. The molecule has 2 N–H and O–H groups in total. The van der Waals surface area contributed by atoms with Gasteiger partial charge in [-0.1, -0.05) is 6.07 Å². The second-order valence-electron chi connectivity index (χ2n) is 6.64. The minimum absolute atomic E-state index is 0.145. The molecule has 6 nitrogen and oxygen atoms in total. The number of fused-ring (bicyclic) bond motifs is 1. The largest absolute Gasteiger partial charge is 0.491 e. The van der Waals surface area contributed by atoms with E-state index in [1.54, 1.807) is 0 Å². The van der Waals surface area contributed by atoms with Crippen LogP contribution in [0.5, 0.6) is 5.75 Å². The van der Waals surface area contributed by atoms with Crippen LogP contribution in [-0.2, 0) is 0 Å². The molecule has 0 saturated carbocycles. The Hall–Kier alpha value is -2.60. The molecule has 1 unspecified atom stereocenters. The zero-order valence-electron chi connectivity index (χ0n) is 14.6. The third kappa shape index (κ3) is 3.44. The maximum Gasteiger partial charge on any atom is 0.140 e. The van der Waals surface area contributed by atoms with Crippen molar-refractivity contribution in [1.29, 1.82) is 0 Å². The zero-order chi connectivity index (χ0) is 17.2. The lowest BCUT2D eigenvalue weighted by molar-refractivity contribution is 0.242. The summed E-state index contributed by atoms with van der Waals surface area (Å²) in [5.74, 6) is 1.73. The van der Waals surface area contributed by atoms with Gasteiger partial charge in [-0.05, 0) is 45.0 Å². The lowest BCUT2D eigenvalue weighted by Crippen LogP contribution is -2.22. The molecule has 130 valence electrons. The minimum atomic E-state index is 0.145. The van der Waals surface area contributed by atoms with E-state index in [1.165, 1.54) is 0 Å². The number of rotatable bonds is 5. The number of ether oxygens (including phenoxy) is 1. The van der Waals surface area contributed by atoms with Gasteiger partial charge in [-0.3, -0.25) is 4.40 Å². The molecule has 1 aliphatic rings. The second-order valence-corrected chi connectivity index (χ2v) is 6.64. The first-order valence-corrected chi connectivity index (χ1v) is 8.77. The number of nitrogens with zero attached hydrogens (tertiary/aromatic N) is 3. The SMILES string of the molecule is CC(C)Oc1ccn2c(-c3cccc(NC4CCNC4)n3)cnc2c1. The lowest BCUT2D eigenvalue weighted by Gasteiger charge is -2.13. The molecule has 0 spiro atoms. The molecule has 0 aromatic carbocycles. The Morgan fingerprint density at radius 3 is 3.04 bits per heavy atom. The molecule has 3 aromatic heterocycles. The van der Waals surface area contributed by atoms with Gasteiger partial charge in [-0.2, -0.15) is 0 Å². The summed E-state index contributed by atoms with van der Waals surface area (Å²) < 4.78 is 7.78. The van der Waals surface area contributed by atoms with E-state index < -0.39 is 0 Å². The van der Waals surface area contributed by atoms with Crippen LogP contribution in [0.2, 0.25) is 0 Å². The fourth-order valence-electron chi connectivity index (χ4n) is 3.14. The standard InChI is InChI=1S/C19H23N5O/c1-13(2)25-15-7-9-24-17(12-21-19(24)10-15)16-4-3-5-18(23-16)22-14-6-8-20-11-14/h3-5,7,9-10,12-14,20H,6,8,11H2,1-2H3,(H,22,23). The summed E-state index contributed by atoms with van der Waals surface area (Å²) in [5.41, 5.74) is 2.73. The number of imidazole rings is 1. The van der Waals surface area contributed by atoms with Crippen molar-refractivity contribution < 1.29 is 4.74 Å². The van der Waals surface area contributed by atoms with Gasteiger partial charge in [0.05, 0.1) is 23.7 Å². The van der Waals surface area contributed by atoms with Crippen LogP contribution in [0.15, 0.2) is 42.7 Å². The van der Waals surface area contributed by atoms with E-state index in [0.717, 1.165) is 48.1 Å². The van der Waals surface area contributed by atoms with Crippen LogP contribution in [0.1, 0.15) is 20.3 Å². The number of anilines is 1. The van der Waals surface area contributed by atoms with Crippen molar-refractivity contribution in [2.45, 2.75) is 32.4 Å². The second kappa shape index (κ2) is 6.72. The van der Waals surface area contributed by atoms with E-state index in [1.807, 2.05) is 61.0 Å². The Kier molecular flexibility index (Phi) is 4.28. The first-order valence-electron chi connectivity index (χ1n) is 8.77. The third-order valence-electron chi connectivity index (χ3n) is 4.28. The van der Waals surface area contributed by atoms with Crippen LogP contribution < -0.4 is 15.4 Å². The van der Waals surface area contributed by atoms with E-state index >= 15 is 0 Å². The van der Waals surface area contributed by atoms with Gasteiger partial charge < -0.3 is 15.4 Å². The van der Waals surface area contributed by atoms with Gasteiger partial charge in [0.15, 0.2) is 0 Å². The van der Waals surface area contributed by atoms with E-state index in [0.29, 0.717) is 6.04 Å². The highest BCUT2D eigenvalue weighted by Gasteiger charge is 2.15. The maximum absolute atomic E-state index is 5.75. The summed E-state index contributed by atoms with van der Waals surface area (Å²) in [5, 5.41) is 6.86. The van der Waals surface area contributed by atoms with E-state index in [4.69, 9.17) is 9.72 Å². The number of hydrogen-bond acceptors (Lipinski definition) is 5. The number of nitrogens with one attached hydrogen (secondary N) is 2. The van der Waals surface area contributed by atoms with Crippen LogP contribution >= 0.6 is 0 Å². The van der Waals surface area contributed by atoms with Crippen molar-refractivity contribution in [3.63, 3.8) is 0 Å². The molecule has 3 aromatic rings. The molecule has 6 heteroatoms. The topological polar surface area (TPSA) is 63.5 Å². The molecule has 0 aliphatic carbocycles. The van der Waals surface area contributed by atoms with Crippen molar-refractivity contribution in [1.82, 2.24) is 19.7 Å². The van der Waals surface area contributed by atoms with Gasteiger partial charge in [0.25, 0.3) is 0 Å². The zero-order valence-corrected chi connectivity index (χ0v) is 14.6. The molecule has 4 heterocycles. The first kappa shape index (κ1) is 15.9. The average Bonchev–Trinajstić information content (AvgIpc) is 3.23. The summed E-state index contributed by atoms with van der Waals surface area (Å²) in [6.45, 7) is 6.08. The van der Waals surface area contributed by atoms with Crippen LogP contribution in [-0.4, -0.2) is 39.6 Å². The predicted octanol–water partition coefficient (Wildman–Crippen LogP) is 2.96. The van der Waals surface area contributed by atoms with Gasteiger partial charge in [0, 0.05) is 24.8 Å². The Labute approximate surface area is 147 Å². The average molecular weight is 337 g/mol. The van der Waals surface area contributed by atoms with Gasteiger partial charge >= 0.3 is 0 Å². The van der Waals surface area contributed by atoms with Crippen molar-refractivity contribution in [3.05, 3.63) is 42.7 Å². The molecule has 25 heavy (non-hydrogen) atoms. The van der Waals surface area contributed by atoms with E-state index in [9.17, 15) is 0 Å². The Bertz CT molecular complexity index is 867. The summed E-state index contributed by atoms with van der Waals surface area (Å²) in [6, 6.07) is 10.4. The predicted molar refractivity (Wildman–Crippen MR) is 99.1 cm³/mol. The fourth-order valence-corrected chi connectivity index (χ4v) is 3.14. The maximum atomic E-state index is 5.75. The Morgan fingerprint density at radius 2 is 2.24 bits per heavy atom. The molecule has 4 rings (SSSR count).